The second kappa shape index (κ2) is 14.1. The highest BCUT2D eigenvalue weighted by molar-refractivity contribution is 5.77. The maximum atomic E-state index is 12.3. The van der Waals surface area contributed by atoms with Crippen LogP contribution in [-0.2, 0) is 37.4 Å². The number of amides is 2. The number of rotatable bonds is 11. The van der Waals surface area contributed by atoms with Crippen LogP contribution in [0.5, 0.6) is 5.75 Å². The molecule has 1 aromatic carbocycles. The molecule has 0 aliphatic heterocycles. The Labute approximate surface area is 247 Å². The number of fused-ring (bicyclic) bond motifs is 1. The van der Waals surface area contributed by atoms with E-state index in [1.165, 1.54) is 0 Å². The fourth-order valence-electron chi connectivity index (χ4n) is 3.83. The normalized spacial score (nSPS) is 13.0. The van der Waals surface area contributed by atoms with Gasteiger partial charge >= 0.3 is 18.2 Å². The van der Waals surface area contributed by atoms with Gasteiger partial charge in [0.15, 0.2) is 7.05 Å². The van der Waals surface area contributed by atoms with Crippen molar-refractivity contribution in [2.75, 3.05) is 19.7 Å². The number of carbonyl (C=O) groups excluding carboxylic acids is 3. The monoisotopic (exact) mass is 594 g/mol. The molecule has 1 atom stereocenters. The molecule has 2 amide bonds. The molecule has 2 rings (SSSR count). The van der Waals surface area contributed by atoms with E-state index < -0.39 is 41.1 Å². The van der Waals surface area contributed by atoms with Gasteiger partial charge in [-0.3, -0.25) is 4.84 Å². The third-order valence-corrected chi connectivity index (χ3v) is 5.57. The van der Waals surface area contributed by atoms with Gasteiger partial charge in [-0.1, -0.05) is 0 Å². The number of esters is 1. The smallest absolute Gasteiger partial charge is 0.407 e. The van der Waals surface area contributed by atoms with Gasteiger partial charge in [0.25, 0.3) is 0 Å². The van der Waals surface area contributed by atoms with Crippen LogP contribution in [0, 0.1) is 5.92 Å². The minimum Gasteiger partial charge on any atom is -0.490 e. The molecule has 2 aromatic rings. The summed E-state index contributed by atoms with van der Waals surface area (Å²) in [6.07, 6.45) is -0.239. The quantitative estimate of drug-likeness (QED) is 0.154. The Morgan fingerprint density at radius 2 is 1.40 bits per heavy atom. The number of alkyl carbamates (subject to hydrolysis) is 2. The minimum absolute atomic E-state index is 0.126. The molecule has 0 radical (unpaired) electrons. The van der Waals surface area contributed by atoms with Crippen LogP contribution in [0.3, 0.4) is 0 Å². The van der Waals surface area contributed by atoms with E-state index in [0.717, 1.165) is 10.9 Å². The largest absolute Gasteiger partial charge is 0.490 e. The zero-order valence-corrected chi connectivity index (χ0v) is 26.5. The molecule has 1 aromatic heterocycles. The van der Waals surface area contributed by atoms with Crippen LogP contribution in [0.2, 0.25) is 0 Å². The van der Waals surface area contributed by atoms with E-state index in [4.69, 9.17) is 29.7 Å². The maximum Gasteiger partial charge on any atom is 0.407 e. The highest BCUT2D eigenvalue weighted by Gasteiger charge is 2.27. The lowest BCUT2D eigenvalue weighted by molar-refractivity contribution is -0.731. The molecule has 0 spiro atoms. The van der Waals surface area contributed by atoms with E-state index in [2.05, 4.69) is 10.6 Å². The summed E-state index contributed by atoms with van der Waals surface area (Å²) < 4.78 is 25.8. The molecular weight excluding hydrogens is 546 g/mol. The van der Waals surface area contributed by atoms with E-state index in [0.29, 0.717) is 12.3 Å². The third kappa shape index (κ3) is 12.1. The lowest BCUT2D eigenvalue weighted by Crippen LogP contribution is -2.45. The molecule has 0 saturated heterocycles. The van der Waals surface area contributed by atoms with Gasteiger partial charge in [0.2, 0.25) is 11.6 Å². The van der Waals surface area contributed by atoms with Gasteiger partial charge in [-0.2, -0.15) is 4.68 Å². The molecule has 4 N–H and O–H groups in total. The van der Waals surface area contributed by atoms with Crippen molar-refractivity contribution < 1.29 is 42.9 Å². The summed E-state index contributed by atoms with van der Waals surface area (Å²) in [4.78, 5) is 41.7. The number of benzene rings is 1. The fraction of sp³-hybridized carbons (Fsp3) is 0.655. The van der Waals surface area contributed by atoms with E-state index in [1.807, 2.05) is 34.7 Å². The van der Waals surface area contributed by atoms with Gasteiger partial charge in [-0.15, -0.1) is 4.68 Å². The van der Waals surface area contributed by atoms with Crippen molar-refractivity contribution in [3.05, 3.63) is 24.4 Å². The van der Waals surface area contributed by atoms with E-state index >= 15 is 0 Å². The van der Waals surface area contributed by atoms with Crippen molar-refractivity contribution in [3.8, 4) is 5.75 Å². The first-order valence-electron chi connectivity index (χ1n) is 13.9. The number of aryl methyl sites for hydroxylation is 1. The topological polar surface area (TPSA) is 156 Å². The Morgan fingerprint density at radius 1 is 0.881 bits per heavy atom. The van der Waals surface area contributed by atoms with Crippen molar-refractivity contribution >= 4 is 29.1 Å². The van der Waals surface area contributed by atoms with Crippen LogP contribution in [0.25, 0.3) is 10.9 Å². The average molecular weight is 595 g/mol. The third-order valence-electron chi connectivity index (χ3n) is 5.57. The zero-order valence-electron chi connectivity index (χ0n) is 26.5. The average Bonchev–Trinajstić information content (AvgIpc) is 3.12. The first kappa shape index (κ1) is 34.6. The summed E-state index contributed by atoms with van der Waals surface area (Å²) in [6, 6.07) is 5.50. The van der Waals surface area contributed by atoms with Crippen LogP contribution in [0.4, 0.5) is 9.59 Å². The maximum absolute atomic E-state index is 12.3. The Hall–Kier alpha value is -3.58. The Kier molecular flexibility index (Phi) is 11.6. The van der Waals surface area contributed by atoms with Crippen molar-refractivity contribution in [1.29, 1.82) is 0 Å². The molecular formula is C29H48N5O8+. The van der Waals surface area contributed by atoms with Crippen molar-refractivity contribution in [2.24, 2.45) is 18.9 Å². The van der Waals surface area contributed by atoms with E-state index in [9.17, 15) is 14.4 Å². The second-order valence-electron chi connectivity index (χ2n) is 13.1. The van der Waals surface area contributed by atoms with Crippen LogP contribution in [0.1, 0.15) is 62.3 Å². The first-order valence-corrected chi connectivity index (χ1v) is 13.9. The van der Waals surface area contributed by atoms with Gasteiger partial charge in [0.05, 0.1) is 18.1 Å². The number of nitrogens with zero attached hydrogens (tertiary/aromatic N) is 2. The molecule has 0 aliphatic carbocycles. The molecule has 42 heavy (non-hydrogen) atoms. The lowest BCUT2D eigenvalue weighted by Gasteiger charge is -2.23. The Morgan fingerprint density at radius 3 is 1.88 bits per heavy atom. The van der Waals surface area contributed by atoms with Crippen LogP contribution < -0.4 is 25.9 Å². The molecule has 0 aliphatic rings. The number of carbonyl (C=O) groups is 3. The van der Waals surface area contributed by atoms with Crippen LogP contribution >= 0.6 is 0 Å². The molecule has 0 saturated carbocycles. The molecule has 13 heteroatoms. The summed E-state index contributed by atoms with van der Waals surface area (Å²) in [6.45, 7) is 16.8. The lowest BCUT2D eigenvalue weighted by atomic mass is 10.1. The molecule has 236 valence electrons. The van der Waals surface area contributed by atoms with Crippen LogP contribution in [0.15, 0.2) is 24.4 Å². The fourth-order valence-corrected chi connectivity index (χ4v) is 3.83. The number of hydrogen-bond acceptors (Lipinski definition) is 9. The number of hydrogen-bond donors (Lipinski definition) is 3. The summed E-state index contributed by atoms with van der Waals surface area (Å²) in [5, 5.41) is 6.46. The molecule has 0 unspecified atom stereocenters. The van der Waals surface area contributed by atoms with E-state index in [-0.39, 0.29) is 25.6 Å². The SMILES string of the molecule is C[n+]1c2ccc(OC[C@H](ON)C(=O)OC(C)(C)C)cc2cn1CC(CNC(=O)OC(C)(C)C)CNC(=O)OC(C)(C)C. The predicted octanol–water partition coefficient (Wildman–Crippen LogP) is 3.11. The summed E-state index contributed by atoms with van der Waals surface area (Å²) >= 11 is 0. The van der Waals surface area contributed by atoms with E-state index in [1.54, 1.807) is 68.4 Å². The van der Waals surface area contributed by atoms with Crippen molar-refractivity contribution in [1.82, 2.24) is 15.3 Å². The first-order chi connectivity index (χ1) is 19.3. The van der Waals surface area contributed by atoms with Gasteiger partial charge < -0.3 is 29.6 Å². The van der Waals surface area contributed by atoms with Gasteiger partial charge in [-0.05, 0) is 74.4 Å². The Balaban J connectivity index is 2.17. The molecule has 0 fully saturated rings. The number of nitrogens with one attached hydrogen (secondary N) is 2. The number of ether oxygens (including phenoxy) is 4. The van der Waals surface area contributed by atoms with Crippen molar-refractivity contribution in [2.45, 2.75) is 91.8 Å². The standard InChI is InChI=1S/C29H47N5O8/c1-27(2,3)39-24(35)23(42-30)18-38-21-11-12-22-20(13-21)17-34(33(22)10)16-19(14-31-25(36)40-28(4,5)6)15-32-26(37)41-29(7,8)9/h11-13,17,19,23H,14-16,18,30H2,1-10H3,(H-,31,32,36,37)/p+1/t23-/m0/s1. The highest BCUT2D eigenvalue weighted by atomic mass is 16.7. The summed E-state index contributed by atoms with van der Waals surface area (Å²) in [7, 11) is 1.91. The number of nitrogens with two attached hydrogens (primary N) is 1. The molecule has 13 nitrogen and oxygen atoms in total. The van der Waals surface area contributed by atoms with Crippen molar-refractivity contribution in [3.63, 3.8) is 0 Å². The minimum atomic E-state index is -1.09. The molecule has 0 bridgehead atoms. The number of aromatic nitrogens is 2. The predicted molar refractivity (Wildman–Crippen MR) is 155 cm³/mol. The van der Waals surface area contributed by atoms with Gasteiger partial charge in [0, 0.05) is 25.1 Å². The Bertz CT molecular complexity index is 1190. The second-order valence-corrected chi connectivity index (χ2v) is 13.1. The highest BCUT2D eigenvalue weighted by Crippen LogP contribution is 2.20. The summed E-state index contributed by atoms with van der Waals surface area (Å²) in [5.41, 5.74) is -1.04. The summed E-state index contributed by atoms with van der Waals surface area (Å²) in [5.74, 6) is 5.00. The zero-order chi connectivity index (χ0) is 31.9. The van der Waals surface area contributed by atoms with Gasteiger partial charge in [0.1, 0.15) is 29.2 Å². The van der Waals surface area contributed by atoms with Gasteiger partial charge in [-0.25, -0.2) is 20.3 Å². The van der Waals surface area contributed by atoms with Crippen LogP contribution in [-0.4, -0.2) is 65.4 Å². The molecule has 1 heterocycles.